The van der Waals surface area contributed by atoms with Crippen LogP contribution in [0.2, 0.25) is 0 Å². The fourth-order valence-electron chi connectivity index (χ4n) is 1.53. The fourth-order valence-corrected chi connectivity index (χ4v) is 1.53. The molecule has 0 unspecified atom stereocenters. The van der Waals surface area contributed by atoms with Gasteiger partial charge in [-0.25, -0.2) is 0 Å². The molecule has 1 aromatic carbocycles. The molecule has 0 aliphatic carbocycles. The molecular formula is C11H15NO5. The standard InChI is InChI=1S/C11H15NO5/c1-15-7-5-4-6(8(12)11(13)14)9(16-2)10(7)17-3/h4-5,8H,12H2,1-3H3,(H,13,14)/t8-/m1/s1. The van der Waals surface area contributed by atoms with Gasteiger partial charge in [-0.1, -0.05) is 0 Å². The molecular weight excluding hydrogens is 226 g/mol. The Bertz CT molecular complexity index is 419. The van der Waals surface area contributed by atoms with Crippen LogP contribution in [0.5, 0.6) is 17.2 Å². The summed E-state index contributed by atoms with van der Waals surface area (Å²) in [5.41, 5.74) is 3.89. The molecule has 0 bridgehead atoms. The maximum absolute atomic E-state index is 10.8. The van der Waals surface area contributed by atoms with E-state index in [1.54, 1.807) is 12.1 Å². The number of methoxy groups -OCH3 is 3. The SMILES string of the molecule is COc1ccc([C@@H]([NH3+])C(=O)[O-])c(OC)c1OC. The number of hydrogen-bond donors (Lipinski definition) is 1. The zero-order valence-electron chi connectivity index (χ0n) is 9.98. The molecule has 6 nitrogen and oxygen atoms in total. The zero-order chi connectivity index (χ0) is 13.0. The normalized spacial score (nSPS) is 11.8. The number of benzene rings is 1. The second-order valence-corrected chi connectivity index (χ2v) is 3.30. The maximum atomic E-state index is 10.8. The number of carbonyl (C=O) groups is 1. The van der Waals surface area contributed by atoms with Gasteiger partial charge in [0.15, 0.2) is 17.5 Å². The maximum Gasteiger partial charge on any atom is 0.203 e. The second-order valence-electron chi connectivity index (χ2n) is 3.30. The van der Waals surface area contributed by atoms with Gasteiger partial charge in [-0.3, -0.25) is 0 Å². The van der Waals surface area contributed by atoms with E-state index in [0.717, 1.165) is 0 Å². The lowest BCUT2D eigenvalue weighted by Gasteiger charge is -2.18. The van der Waals surface area contributed by atoms with Crippen LogP contribution in [0, 0.1) is 0 Å². The Morgan fingerprint density at radius 1 is 1.18 bits per heavy atom. The van der Waals surface area contributed by atoms with E-state index in [2.05, 4.69) is 5.73 Å². The molecule has 0 spiro atoms. The predicted molar refractivity (Wildman–Crippen MR) is 56.7 cm³/mol. The molecule has 0 aliphatic rings. The van der Waals surface area contributed by atoms with E-state index in [1.165, 1.54) is 21.3 Å². The molecule has 17 heavy (non-hydrogen) atoms. The van der Waals surface area contributed by atoms with E-state index >= 15 is 0 Å². The first-order valence-electron chi connectivity index (χ1n) is 4.89. The van der Waals surface area contributed by atoms with E-state index in [4.69, 9.17) is 14.2 Å². The molecule has 0 saturated carbocycles. The minimum Gasteiger partial charge on any atom is -0.544 e. The van der Waals surface area contributed by atoms with Crippen molar-refractivity contribution >= 4 is 5.97 Å². The average Bonchev–Trinajstić information content (AvgIpc) is 2.35. The molecule has 3 N–H and O–H groups in total. The third-order valence-corrected chi connectivity index (χ3v) is 2.39. The van der Waals surface area contributed by atoms with Crippen LogP contribution >= 0.6 is 0 Å². The van der Waals surface area contributed by atoms with Crippen molar-refractivity contribution in [1.82, 2.24) is 0 Å². The van der Waals surface area contributed by atoms with Crippen molar-refractivity contribution in [3.8, 4) is 17.2 Å². The highest BCUT2D eigenvalue weighted by Crippen LogP contribution is 2.41. The Balaban J connectivity index is 3.37. The number of rotatable bonds is 5. The molecule has 1 rings (SSSR count). The quantitative estimate of drug-likeness (QED) is 0.694. The summed E-state index contributed by atoms with van der Waals surface area (Å²) in [4.78, 5) is 10.8. The van der Waals surface area contributed by atoms with Gasteiger partial charge in [0.05, 0.1) is 26.9 Å². The lowest BCUT2D eigenvalue weighted by molar-refractivity contribution is -0.443. The van der Waals surface area contributed by atoms with Crippen molar-refractivity contribution in [1.29, 1.82) is 0 Å². The lowest BCUT2D eigenvalue weighted by atomic mass is 10.1. The van der Waals surface area contributed by atoms with Crippen LogP contribution in [0.4, 0.5) is 0 Å². The molecule has 0 saturated heterocycles. The smallest absolute Gasteiger partial charge is 0.203 e. The second kappa shape index (κ2) is 5.40. The summed E-state index contributed by atoms with van der Waals surface area (Å²) in [5.74, 6) is -0.201. The highest BCUT2D eigenvalue weighted by molar-refractivity contribution is 5.74. The van der Waals surface area contributed by atoms with Crippen molar-refractivity contribution in [2.75, 3.05) is 21.3 Å². The van der Waals surface area contributed by atoms with Crippen LogP contribution in [0.25, 0.3) is 0 Å². The number of hydrogen-bond acceptors (Lipinski definition) is 5. The van der Waals surface area contributed by atoms with E-state index in [9.17, 15) is 9.90 Å². The number of ether oxygens (including phenoxy) is 3. The molecule has 1 aromatic rings. The summed E-state index contributed by atoms with van der Waals surface area (Å²) < 4.78 is 15.4. The molecule has 1 atom stereocenters. The van der Waals surface area contributed by atoms with Gasteiger partial charge in [0.2, 0.25) is 5.75 Å². The van der Waals surface area contributed by atoms with Crippen molar-refractivity contribution in [3.05, 3.63) is 17.7 Å². The summed E-state index contributed by atoms with van der Waals surface area (Å²) in [6, 6.07) is 2.12. The van der Waals surface area contributed by atoms with Crippen molar-refractivity contribution in [2.24, 2.45) is 0 Å². The molecule has 0 aliphatic heterocycles. The number of quaternary nitrogens is 1. The average molecular weight is 241 g/mol. The number of carboxylic acids is 1. The number of carboxylic acid groups (broad SMARTS) is 1. The first kappa shape index (κ1) is 13.1. The van der Waals surface area contributed by atoms with E-state index in [1.807, 2.05) is 0 Å². The summed E-state index contributed by atoms with van der Waals surface area (Å²) in [6.07, 6.45) is 0. The Kier molecular flexibility index (Phi) is 4.17. The molecule has 94 valence electrons. The summed E-state index contributed by atoms with van der Waals surface area (Å²) >= 11 is 0. The van der Waals surface area contributed by atoms with E-state index in [0.29, 0.717) is 17.1 Å². The van der Waals surface area contributed by atoms with Gasteiger partial charge < -0.3 is 29.8 Å². The largest absolute Gasteiger partial charge is 0.544 e. The van der Waals surface area contributed by atoms with Gasteiger partial charge >= 0.3 is 0 Å². The van der Waals surface area contributed by atoms with Crippen molar-refractivity contribution in [2.45, 2.75) is 6.04 Å². The third kappa shape index (κ3) is 2.42. The highest BCUT2D eigenvalue weighted by Gasteiger charge is 2.22. The third-order valence-electron chi connectivity index (χ3n) is 2.39. The van der Waals surface area contributed by atoms with Crippen LogP contribution < -0.4 is 25.1 Å². The van der Waals surface area contributed by atoms with E-state index < -0.39 is 12.0 Å². The van der Waals surface area contributed by atoms with Crippen LogP contribution in [-0.4, -0.2) is 27.3 Å². The molecule has 0 fully saturated rings. The number of carbonyl (C=O) groups excluding carboxylic acids is 1. The summed E-state index contributed by atoms with van der Waals surface area (Å²) in [6.45, 7) is 0. The summed E-state index contributed by atoms with van der Waals surface area (Å²) in [7, 11) is 4.35. The molecule has 0 radical (unpaired) electrons. The highest BCUT2D eigenvalue weighted by atomic mass is 16.5. The first-order chi connectivity index (χ1) is 8.06. The van der Waals surface area contributed by atoms with Gasteiger partial charge in [0, 0.05) is 0 Å². The minimum atomic E-state index is -1.28. The minimum absolute atomic E-state index is 0.288. The summed E-state index contributed by atoms with van der Waals surface area (Å²) in [5, 5.41) is 10.8. The molecule has 0 amide bonds. The first-order valence-corrected chi connectivity index (χ1v) is 4.89. The Labute approximate surface area is 98.9 Å². The Morgan fingerprint density at radius 3 is 2.18 bits per heavy atom. The van der Waals surface area contributed by atoms with Gasteiger partial charge in [-0.2, -0.15) is 0 Å². The van der Waals surface area contributed by atoms with Gasteiger partial charge in [0.25, 0.3) is 0 Å². The van der Waals surface area contributed by atoms with Crippen molar-refractivity contribution in [3.63, 3.8) is 0 Å². The monoisotopic (exact) mass is 241 g/mol. The van der Waals surface area contributed by atoms with Crippen LogP contribution in [-0.2, 0) is 4.79 Å². The van der Waals surface area contributed by atoms with Crippen molar-refractivity contribution < 1.29 is 29.8 Å². The molecule has 0 aromatic heterocycles. The number of aliphatic carboxylic acids is 1. The molecule has 6 heteroatoms. The molecule has 0 heterocycles. The predicted octanol–water partition coefficient (Wildman–Crippen LogP) is -1.25. The van der Waals surface area contributed by atoms with Gasteiger partial charge in [-0.05, 0) is 12.1 Å². The fraction of sp³-hybridized carbons (Fsp3) is 0.364. The Hall–Kier alpha value is -1.95. The lowest BCUT2D eigenvalue weighted by Crippen LogP contribution is -2.61. The van der Waals surface area contributed by atoms with Crippen LogP contribution in [0.3, 0.4) is 0 Å². The van der Waals surface area contributed by atoms with Crippen LogP contribution in [0.15, 0.2) is 12.1 Å². The van der Waals surface area contributed by atoms with Crippen LogP contribution in [0.1, 0.15) is 11.6 Å². The van der Waals surface area contributed by atoms with Gasteiger partial charge in [0.1, 0.15) is 5.97 Å². The van der Waals surface area contributed by atoms with Gasteiger partial charge in [-0.15, -0.1) is 0 Å². The Morgan fingerprint density at radius 2 is 1.76 bits per heavy atom. The van der Waals surface area contributed by atoms with E-state index in [-0.39, 0.29) is 5.75 Å². The topological polar surface area (TPSA) is 95.5 Å². The zero-order valence-corrected chi connectivity index (χ0v) is 9.98.